The predicted octanol–water partition coefficient (Wildman–Crippen LogP) is 1.80. The van der Waals surface area contributed by atoms with Crippen LogP contribution in [0.25, 0.3) is 0 Å². The summed E-state index contributed by atoms with van der Waals surface area (Å²) in [6, 6.07) is 7.40. The molecule has 4 heteroatoms. The van der Waals surface area contributed by atoms with Crippen LogP contribution in [0.2, 0.25) is 0 Å². The van der Waals surface area contributed by atoms with E-state index in [9.17, 15) is 4.79 Å². The molecule has 0 bridgehead atoms. The maximum absolute atomic E-state index is 11.3. The van der Waals surface area contributed by atoms with Crippen LogP contribution in [-0.4, -0.2) is 25.0 Å². The van der Waals surface area contributed by atoms with E-state index in [0.29, 0.717) is 0 Å². The summed E-state index contributed by atoms with van der Waals surface area (Å²) in [5.74, 6) is 0. The molecule has 0 spiro atoms. The summed E-state index contributed by atoms with van der Waals surface area (Å²) in [5, 5.41) is 2.75. The van der Waals surface area contributed by atoms with Gasteiger partial charge >= 0.3 is 6.03 Å². The molecule has 4 nitrogen and oxygen atoms in total. The van der Waals surface area contributed by atoms with Gasteiger partial charge in [0.25, 0.3) is 0 Å². The lowest BCUT2D eigenvalue weighted by Gasteiger charge is -2.12. The molecule has 0 aliphatic carbocycles. The van der Waals surface area contributed by atoms with E-state index in [1.165, 1.54) is 4.90 Å². The molecule has 0 heterocycles. The Hall–Kier alpha value is -1.55. The van der Waals surface area contributed by atoms with E-state index in [4.69, 9.17) is 5.73 Å². The van der Waals surface area contributed by atoms with Crippen LogP contribution in [-0.2, 0) is 0 Å². The highest BCUT2D eigenvalue weighted by atomic mass is 16.2. The molecule has 1 atom stereocenters. The molecule has 1 aromatic carbocycles. The zero-order valence-electron chi connectivity index (χ0n) is 9.32. The van der Waals surface area contributed by atoms with Crippen LogP contribution in [0.3, 0.4) is 0 Å². The van der Waals surface area contributed by atoms with Crippen molar-refractivity contribution in [1.82, 2.24) is 4.90 Å². The van der Waals surface area contributed by atoms with Gasteiger partial charge < -0.3 is 16.0 Å². The van der Waals surface area contributed by atoms with Crippen molar-refractivity contribution in [2.45, 2.75) is 13.0 Å². The largest absolute Gasteiger partial charge is 0.331 e. The van der Waals surface area contributed by atoms with Crippen LogP contribution in [0.1, 0.15) is 18.5 Å². The minimum absolute atomic E-state index is 0.0172. The molecule has 0 aromatic heterocycles. The summed E-state index contributed by atoms with van der Waals surface area (Å²) in [5.41, 5.74) is 7.55. The normalized spacial score (nSPS) is 12.0. The first-order chi connectivity index (χ1) is 7.00. The number of benzene rings is 1. The van der Waals surface area contributed by atoms with Crippen molar-refractivity contribution in [1.29, 1.82) is 0 Å². The summed E-state index contributed by atoms with van der Waals surface area (Å²) in [7, 11) is 3.40. The Morgan fingerprint density at radius 3 is 2.27 bits per heavy atom. The van der Waals surface area contributed by atoms with Crippen molar-refractivity contribution in [3.8, 4) is 0 Å². The summed E-state index contributed by atoms with van der Waals surface area (Å²) in [6.07, 6.45) is 0. The van der Waals surface area contributed by atoms with Gasteiger partial charge in [-0.25, -0.2) is 4.79 Å². The summed E-state index contributed by atoms with van der Waals surface area (Å²) in [6.45, 7) is 1.92. The number of nitrogens with zero attached hydrogens (tertiary/aromatic N) is 1. The summed E-state index contributed by atoms with van der Waals surface area (Å²) >= 11 is 0. The quantitative estimate of drug-likeness (QED) is 0.776. The molecule has 1 aromatic rings. The number of hydrogen-bond acceptors (Lipinski definition) is 2. The van der Waals surface area contributed by atoms with E-state index in [2.05, 4.69) is 5.32 Å². The standard InChI is InChI=1S/C11H17N3O/c1-8(12)9-4-6-10(7-5-9)13-11(15)14(2)3/h4-8H,12H2,1-3H3,(H,13,15)/t8-/m0/s1. The molecule has 0 saturated heterocycles. The van der Waals surface area contributed by atoms with E-state index in [-0.39, 0.29) is 12.1 Å². The van der Waals surface area contributed by atoms with Gasteiger partial charge in [-0.1, -0.05) is 12.1 Å². The lowest BCUT2D eigenvalue weighted by atomic mass is 10.1. The van der Waals surface area contributed by atoms with Gasteiger partial charge in [-0.15, -0.1) is 0 Å². The molecule has 0 aliphatic rings. The van der Waals surface area contributed by atoms with Gasteiger partial charge in [0.05, 0.1) is 0 Å². The Labute approximate surface area is 90.1 Å². The lowest BCUT2D eigenvalue weighted by molar-refractivity contribution is 0.230. The third-order valence-corrected chi connectivity index (χ3v) is 2.09. The van der Waals surface area contributed by atoms with Crippen LogP contribution in [0.4, 0.5) is 10.5 Å². The Bertz CT molecular complexity index is 330. The van der Waals surface area contributed by atoms with Crippen molar-refractivity contribution in [3.05, 3.63) is 29.8 Å². The number of amides is 2. The van der Waals surface area contributed by atoms with E-state index in [1.807, 2.05) is 31.2 Å². The fourth-order valence-electron chi connectivity index (χ4n) is 1.11. The highest BCUT2D eigenvalue weighted by molar-refractivity contribution is 5.88. The maximum Gasteiger partial charge on any atom is 0.321 e. The SMILES string of the molecule is C[C@H](N)c1ccc(NC(=O)N(C)C)cc1. The first kappa shape index (κ1) is 11.5. The first-order valence-corrected chi connectivity index (χ1v) is 4.84. The molecule has 0 saturated carbocycles. The molecular weight excluding hydrogens is 190 g/mol. The second kappa shape index (κ2) is 4.79. The summed E-state index contributed by atoms with van der Waals surface area (Å²) in [4.78, 5) is 12.8. The van der Waals surface area contributed by atoms with Crippen molar-refractivity contribution in [2.24, 2.45) is 5.73 Å². The van der Waals surface area contributed by atoms with Gasteiger partial charge in [0, 0.05) is 25.8 Å². The molecule has 0 radical (unpaired) electrons. The van der Waals surface area contributed by atoms with Gasteiger partial charge in [-0.3, -0.25) is 0 Å². The van der Waals surface area contributed by atoms with Crippen LogP contribution < -0.4 is 11.1 Å². The van der Waals surface area contributed by atoms with Crippen molar-refractivity contribution < 1.29 is 4.79 Å². The number of carbonyl (C=O) groups excluding carboxylic acids is 1. The number of urea groups is 1. The number of rotatable bonds is 2. The number of nitrogens with one attached hydrogen (secondary N) is 1. The zero-order valence-corrected chi connectivity index (χ0v) is 9.32. The van der Waals surface area contributed by atoms with Crippen LogP contribution in [0.15, 0.2) is 24.3 Å². The third-order valence-electron chi connectivity index (χ3n) is 2.09. The number of anilines is 1. The molecular formula is C11H17N3O. The second-order valence-electron chi connectivity index (χ2n) is 3.74. The fraction of sp³-hybridized carbons (Fsp3) is 0.364. The molecule has 15 heavy (non-hydrogen) atoms. The second-order valence-corrected chi connectivity index (χ2v) is 3.74. The van der Waals surface area contributed by atoms with Gasteiger partial charge in [0.2, 0.25) is 0 Å². The van der Waals surface area contributed by atoms with E-state index >= 15 is 0 Å². The number of hydrogen-bond donors (Lipinski definition) is 2. The minimum atomic E-state index is -0.136. The highest BCUT2D eigenvalue weighted by Crippen LogP contribution is 2.14. The molecule has 0 fully saturated rings. The Kier molecular flexibility index (Phi) is 3.68. The average Bonchev–Trinajstić information content (AvgIpc) is 2.18. The van der Waals surface area contributed by atoms with Gasteiger partial charge in [0.1, 0.15) is 0 Å². The highest BCUT2D eigenvalue weighted by Gasteiger charge is 2.04. The Morgan fingerprint density at radius 2 is 1.87 bits per heavy atom. The van der Waals surface area contributed by atoms with Crippen molar-refractivity contribution in [2.75, 3.05) is 19.4 Å². The van der Waals surface area contributed by atoms with Gasteiger partial charge in [-0.2, -0.15) is 0 Å². The van der Waals surface area contributed by atoms with Gasteiger partial charge in [-0.05, 0) is 24.6 Å². The number of carbonyl (C=O) groups is 1. The van der Waals surface area contributed by atoms with E-state index in [0.717, 1.165) is 11.3 Å². The summed E-state index contributed by atoms with van der Waals surface area (Å²) < 4.78 is 0. The molecule has 82 valence electrons. The van der Waals surface area contributed by atoms with E-state index in [1.54, 1.807) is 14.1 Å². The topological polar surface area (TPSA) is 58.4 Å². The molecule has 0 unspecified atom stereocenters. The molecule has 1 rings (SSSR count). The third kappa shape index (κ3) is 3.25. The average molecular weight is 207 g/mol. The van der Waals surface area contributed by atoms with Crippen molar-refractivity contribution in [3.63, 3.8) is 0 Å². The molecule has 2 amide bonds. The molecule has 3 N–H and O–H groups in total. The molecule has 0 aliphatic heterocycles. The van der Waals surface area contributed by atoms with Crippen LogP contribution >= 0.6 is 0 Å². The lowest BCUT2D eigenvalue weighted by Crippen LogP contribution is -2.27. The smallest absolute Gasteiger partial charge is 0.321 e. The van der Waals surface area contributed by atoms with Gasteiger partial charge in [0.15, 0.2) is 0 Å². The minimum Gasteiger partial charge on any atom is -0.331 e. The van der Waals surface area contributed by atoms with Crippen molar-refractivity contribution >= 4 is 11.7 Å². The fourth-order valence-corrected chi connectivity index (χ4v) is 1.11. The van der Waals surface area contributed by atoms with Crippen LogP contribution in [0, 0.1) is 0 Å². The maximum atomic E-state index is 11.3. The predicted molar refractivity (Wildman–Crippen MR) is 61.8 cm³/mol. The van der Waals surface area contributed by atoms with E-state index < -0.39 is 0 Å². The number of nitrogens with two attached hydrogens (primary N) is 1. The first-order valence-electron chi connectivity index (χ1n) is 4.84. The zero-order chi connectivity index (χ0) is 11.4. The Morgan fingerprint density at radius 1 is 1.33 bits per heavy atom. The van der Waals surface area contributed by atoms with Crippen LogP contribution in [0.5, 0.6) is 0 Å². The monoisotopic (exact) mass is 207 g/mol. The Balaban J connectivity index is 2.69.